The number of rotatable bonds is 9. The summed E-state index contributed by atoms with van der Waals surface area (Å²) < 4.78 is 34.8. The second kappa shape index (κ2) is 9.70. The molecule has 172 valence electrons. The molecule has 0 aliphatic carbocycles. The van der Waals surface area contributed by atoms with Gasteiger partial charge in [-0.1, -0.05) is 43.7 Å². The molecule has 2 aromatic carbocycles. The molecule has 0 spiro atoms. The summed E-state index contributed by atoms with van der Waals surface area (Å²) in [5, 5.41) is 2.84. The maximum atomic E-state index is 13.0. The summed E-state index contributed by atoms with van der Waals surface area (Å²) in [6, 6.07) is 11.3. The number of hydrogen-bond acceptors (Lipinski definition) is 5. The normalized spacial score (nSPS) is 12.9. The molecule has 0 aliphatic rings. The summed E-state index contributed by atoms with van der Waals surface area (Å²) in [5.74, 6) is -0.852. The Labute approximate surface area is 187 Å². The minimum absolute atomic E-state index is 0.0689. The van der Waals surface area contributed by atoms with E-state index < -0.39 is 21.8 Å². The Kier molecular flexibility index (Phi) is 7.20. The quantitative estimate of drug-likeness (QED) is 0.511. The highest BCUT2D eigenvalue weighted by atomic mass is 32.2. The van der Waals surface area contributed by atoms with Gasteiger partial charge in [-0.25, -0.2) is 13.2 Å². The third-order valence-electron chi connectivity index (χ3n) is 5.23. The summed E-state index contributed by atoms with van der Waals surface area (Å²) >= 11 is 0. The first kappa shape index (κ1) is 23.7. The maximum absolute atomic E-state index is 13.0. The number of amides is 1. The lowest BCUT2D eigenvalue weighted by atomic mass is 10.0. The number of hydrogen-bond donors (Lipinski definition) is 2. The van der Waals surface area contributed by atoms with E-state index in [0.29, 0.717) is 24.9 Å². The highest BCUT2D eigenvalue weighted by Gasteiger charge is 2.27. The molecular formula is C23H29N3O5S. The zero-order valence-corrected chi connectivity index (χ0v) is 19.5. The molecule has 0 fully saturated rings. The third kappa shape index (κ3) is 5.66. The van der Waals surface area contributed by atoms with E-state index in [2.05, 4.69) is 10.0 Å². The van der Waals surface area contributed by atoms with Gasteiger partial charge in [0.2, 0.25) is 15.9 Å². The fourth-order valence-electron chi connectivity index (χ4n) is 3.42. The van der Waals surface area contributed by atoms with Crippen LogP contribution in [0.3, 0.4) is 0 Å². The molecule has 1 aromatic heterocycles. The van der Waals surface area contributed by atoms with Crippen molar-refractivity contribution in [3.63, 3.8) is 0 Å². The van der Waals surface area contributed by atoms with Crippen LogP contribution in [0.25, 0.3) is 11.1 Å². The molecule has 1 amide bonds. The monoisotopic (exact) mass is 459 g/mol. The number of nitrogens with zero attached hydrogens (tertiary/aromatic N) is 1. The first-order chi connectivity index (χ1) is 15.1. The SMILES string of the molecule is Cc1ccc(CCNC(=O)C(CC(C)C)NS(=O)(=O)c2ccc3c(c2)oc(=O)n3C)cc1. The van der Waals surface area contributed by atoms with Crippen molar-refractivity contribution in [1.82, 2.24) is 14.6 Å². The van der Waals surface area contributed by atoms with E-state index in [1.54, 1.807) is 7.05 Å². The maximum Gasteiger partial charge on any atom is 0.419 e. The summed E-state index contributed by atoms with van der Waals surface area (Å²) in [5.41, 5.74) is 2.91. The molecule has 9 heteroatoms. The van der Waals surface area contributed by atoms with Crippen molar-refractivity contribution in [2.24, 2.45) is 13.0 Å². The van der Waals surface area contributed by atoms with E-state index in [9.17, 15) is 18.0 Å². The third-order valence-corrected chi connectivity index (χ3v) is 6.70. The Hall–Kier alpha value is -2.91. The van der Waals surface area contributed by atoms with E-state index in [0.717, 1.165) is 11.1 Å². The second-order valence-electron chi connectivity index (χ2n) is 8.39. The summed E-state index contributed by atoms with van der Waals surface area (Å²) in [6.07, 6.45) is 0.995. The molecule has 2 N–H and O–H groups in total. The van der Waals surface area contributed by atoms with Crippen LogP contribution < -0.4 is 15.8 Å². The van der Waals surface area contributed by atoms with Gasteiger partial charge in [0, 0.05) is 19.7 Å². The molecule has 3 rings (SSSR count). The Morgan fingerprint density at radius 1 is 1.12 bits per heavy atom. The van der Waals surface area contributed by atoms with Crippen LogP contribution >= 0.6 is 0 Å². The summed E-state index contributed by atoms with van der Waals surface area (Å²) in [6.45, 7) is 6.26. The number of carbonyl (C=O) groups excluding carboxylic acids is 1. The van der Waals surface area contributed by atoms with E-state index >= 15 is 0 Å². The molecule has 1 unspecified atom stereocenters. The van der Waals surface area contributed by atoms with Crippen molar-refractivity contribution in [2.75, 3.05) is 6.54 Å². The van der Waals surface area contributed by atoms with Crippen molar-refractivity contribution < 1.29 is 17.6 Å². The lowest BCUT2D eigenvalue weighted by Gasteiger charge is -2.20. The molecule has 0 radical (unpaired) electrons. The van der Waals surface area contributed by atoms with Crippen molar-refractivity contribution in [1.29, 1.82) is 0 Å². The number of nitrogens with one attached hydrogen (secondary N) is 2. The number of aryl methyl sites for hydroxylation is 2. The van der Waals surface area contributed by atoms with Crippen LogP contribution in [0, 0.1) is 12.8 Å². The molecule has 0 saturated carbocycles. The molecule has 1 atom stereocenters. The van der Waals surface area contributed by atoms with Gasteiger partial charge in [-0.2, -0.15) is 4.72 Å². The number of carbonyl (C=O) groups is 1. The Balaban J connectivity index is 1.72. The van der Waals surface area contributed by atoms with Crippen LogP contribution in [-0.4, -0.2) is 31.5 Å². The van der Waals surface area contributed by atoms with Crippen LogP contribution in [0.5, 0.6) is 0 Å². The van der Waals surface area contributed by atoms with Crippen LogP contribution in [0.2, 0.25) is 0 Å². The number of benzene rings is 2. The fraction of sp³-hybridized carbons (Fsp3) is 0.391. The van der Waals surface area contributed by atoms with Gasteiger partial charge in [0.15, 0.2) is 5.58 Å². The lowest BCUT2D eigenvalue weighted by Crippen LogP contribution is -2.47. The minimum Gasteiger partial charge on any atom is -0.408 e. The van der Waals surface area contributed by atoms with Crippen LogP contribution in [0.15, 0.2) is 56.6 Å². The van der Waals surface area contributed by atoms with Crippen LogP contribution in [-0.2, 0) is 28.3 Å². The smallest absolute Gasteiger partial charge is 0.408 e. The van der Waals surface area contributed by atoms with Gasteiger partial charge in [-0.15, -0.1) is 0 Å². The predicted molar refractivity (Wildman–Crippen MR) is 123 cm³/mol. The Morgan fingerprint density at radius 3 is 2.47 bits per heavy atom. The van der Waals surface area contributed by atoms with Gasteiger partial charge < -0.3 is 9.73 Å². The number of oxazole rings is 1. The summed E-state index contributed by atoms with van der Waals surface area (Å²) in [7, 11) is -2.47. The standard InChI is InChI=1S/C23H29N3O5S/c1-15(2)13-19(22(27)24-12-11-17-7-5-16(3)6-8-17)25-32(29,30)18-9-10-20-21(14-18)31-23(28)26(20)4/h5-10,14-15,19,25H,11-13H2,1-4H3,(H,24,27). The highest BCUT2D eigenvalue weighted by Crippen LogP contribution is 2.19. The molecule has 1 heterocycles. The Morgan fingerprint density at radius 2 is 1.81 bits per heavy atom. The number of aromatic nitrogens is 1. The molecule has 8 nitrogen and oxygen atoms in total. The zero-order valence-electron chi connectivity index (χ0n) is 18.7. The lowest BCUT2D eigenvalue weighted by molar-refractivity contribution is -0.123. The first-order valence-electron chi connectivity index (χ1n) is 10.5. The van der Waals surface area contributed by atoms with Crippen LogP contribution in [0.1, 0.15) is 31.4 Å². The van der Waals surface area contributed by atoms with Gasteiger partial charge in [-0.3, -0.25) is 9.36 Å². The second-order valence-corrected chi connectivity index (χ2v) is 10.1. The molecule has 0 aliphatic heterocycles. The van der Waals surface area contributed by atoms with Gasteiger partial charge in [0.1, 0.15) is 6.04 Å². The van der Waals surface area contributed by atoms with Crippen molar-refractivity contribution >= 4 is 27.0 Å². The fourth-order valence-corrected chi connectivity index (χ4v) is 4.65. The Bertz CT molecular complexity index is 1260. The van der Waals surface area contributed by atoms with Crippen molar-refractivity contribution in [3.05, 3.63) is 64.1 Å². The zero-order chi connectivity index (χ0) is 23.5. The highest BCUT2D eigenvalue weighted by molar-refractivity contribution is 7.89. The van der Waals surface area contributed by atoms with Crippen LogP contribution in [0.4, 0.5) is 0 Å². The van der Waals surface area contributed by atoms with Gasteiger partial charge >= 0.3 is 5.76 Å². The van der Waals surface area contributed by atoms with E-state index in [1.807, 2.05) is 45.0 Å². The van der Waals surface area contributed by atoms with E-state index in [1.165, 1.54) is 22.8 Å². The molecule has 0 saturated heterocycles. The molecule has 3 aromatic rings. The topological polar surface area (TPSA) is 110 Å². The van der Waals surface area contributed by atoms with Gasteiger partial charge in [-0.05, 0) is 43.4 Å². The number of sulfonamides is 1. The van der Waals surface area contributed by atoms with Gasteiger partial charge in [0.25, 0.3) is 0 Å². The van der Waals surface area contributed by atoms with Crippen molar-refractivity contribution in [3.8, 4) is 0 Å². The molecule has 32 heavy (non-hydrogen) atoms. The number of fused-ring (bicyclic) bond motifs is 1. The molecule has 0 bridgehead atoms. The van der Waals surface area contributed by atoms with E-state index in [4.69, 9.17) is 4.42 Å². The predicted octanol–water partition coefficient (Wildman–Crippen LogP) is 2.49. The average molecular weight is 460 g/mol. The largest absolute Gasteiger partial charge is 0.419 e. The molecular weight excluding hydrogens is 430 g/mol. The van der Waals surface area contributed by atoms with Crippen molar-refractivity contribution in [2.45, 2.75) is 44.6 Å². The van der Waals surface area contributed by atoms with E-state index in [-0.39, 0.29) is 22.3 Å². The van der Waals surface area contributed by atoms with Gasteiger partial charge in [0.05, 0.1) is 10.4 Å². The summed E-state index contributed by atoms with van der Waals surface area (Å²) in [4.78, 5) is 24.4. The average Bonchev–Trinajstić information content (AvgIpc) is 3.01. The first-order valence-corrected chi connectivity index (χ1v) is 12.0. The minimum atomic E-state index is -4.01.